The van der Waals surface area contributed by atoms with Gasteiger partial charge in [0.1, 0.15) is 0 Å². The summed E-state index contributed by atoms with van der Waals surface area (Å²) in [6, 6.07) is 16.5. The maximum atomic E-state index is 12.5. The highest BCUT2D eigenvalue weighted by atomic mass is 79.9. The Morgan fingerprint density at radius 2 is 1.78 bits per heavy atom. The van der Waals surface area contributed by atoms with Gasteiger partial charge in [-0.3, -0.25) is 4.79 Å². The molecule has 1 aliphatic heterocycles. The molecule has 0 aliphatic carbocycles. The van der Waals surface area contributed by atoms with Crippen LogP contribution in [0.25, 0.3) is 0 Å². The molecule has 1 aliphatic rings. The number of amides is 1. The van der Waals surface area contributed by atoms with Crippen molar-refractivity contribution in [2.24, 2.45) is 0 Å². The summed E-state index contributed by atoms with van der Waals surface area (Å²) < 4.78 is 1.09. The molecule has 0 N–H and O–H groups in total. The lowest BCUT2D eigenvalue weighted by molar-refractivity contribution is -0.130. The Morgan fingerprint density at radius 3 is 2.48 bits per heavy atom. The highest BCUT2D eigenvalue weighted by molar-refractivity contribution is 9.10. The summed E-state index contributed by atoms with van der Waals surface area (Å²) in [5.74, 6) is 0.226. The predicted octanol–water partition coefficient (Wildman–Crippen LogP) is 3.65. The van der Waals surface area contributed by atoms with Crippen LogP contribution in [0.15, 0.2) is 53.0 Å². The van der Waals surface area contributed by atoms with E-state index < -0.39 is 0 Å². The summed E-state index contributed by atoms with van der Waals surface area (Å²) in [6.45, 7) is 5.41. The number of anilines is 1. The monoisotopic (exact) mass is 372 g/mol. The van der Waals surface area contributed by atoms with Crippen molar-refractivity contribution in [3.8, 4) is 0 Å². The molecule has 1 fully saturated rings. The van der Waals surface area contributed by atoms with E-state index in [0.717, 1.165) is 36.2 Å². The minimum atomic E-state index is 0.226. The van der Waals surface area contributed by atoms with Crippen LogP contribution in [0.5, 0.6) is 0 Å². The molecule has 2 aromatic carbocycles. The van der Waals surface area contributed by atoms with E-state index in [1.165, 1.54) is 11.3 Å². The van der Waals surface area contributed by atoms with Gasteiger partial charge in [0.25, 0.3) is 0 Å². The van der Waals surface area contributed by atoms with Crippen LogP contribution < -0.4 is 4.90 Å². The molecule has 4 heteroatoms. The van der Waals surface area contributed by atoms with Gasteiger partial charge >= 0.3 is 0 Å². The summed E-state index contributed by atoms with van der Waals surface area (Å²) in [6.07, 6.45) is 0.499. The number of carbonyl (C=O) groups is 1. The van der Waals surface area contributed by atoms with Crippen molar-refractivity contribution in [2.75, 3.05) is 31.1 Å². The van der Waals surface area contributed by atoms with Crippen LogP contribution in [0.3, 0.4) is 0 Å². The van der Waals surface area contributed by atoms with Gasteiger partial charge in [-0.25, -0.2) is 0 Å². The fourth-order valence-electron chi connectivity index (χ4n) is 3.00. The SMILES string of the molecule is Cc1cccc(CC(=O)N2CCN(c3cccc(Br)c3)CC2)c1. The van der Waals surface area contributed by atoms with E-state index >= 15 is 0 Å². The minimum Gasteiger partial charge on any atom is -0.368 e. The van der Waals surface area contributed by atoms with Crippen molar-refractivity contribution in [1.82, 2.24) is 4.90 Å². The molecular weight excluding hydrogens is 352 g/mol. The van der Waals surface area contributed by atoms with Crippen LogP contribution in [-0.2, 0) is 11.2 Å². The van der Waals surface area contributed by atoms with E-state index in [-0.39, 0.29) is 5.91 Å². The molecule has 23 heavy (non-hydrogen) atoms. The zero-order valence-corrected chi connectivity index (χ0v) is 14.9. The number of piperazine rings is 1. The standard InChI is InChI=1S/C19H21BrN2O/c1-15-4-2-5-16(12-15)13-19(23)22-10-8-21(9-11-22)18-7-3-6-17(20)14-18/h2-7,12,14H,8-11,13H2,1H3. The minimum absolute atomic E-state index is 0.226. The number of nitrogens with zero attached hydrogens (tertiary/aromatic N) is 2. The van der Waals surface area contributed by atoms with Gasteiger partial charge in [-0.15, -0.1) is 0 Å². The fraction of sp³-hybridized carbons (Fsp3) is 0.316. The van der Waals surface area contributed by atoms with Crippen LogP contribution in [0.2, 0.25) is 0 Å². The van der Waals surface area contributed by atoms with Gasteiger partial charge in [0.15, 0.2) is 0 Å². The maximum absolute atomic E-state index is 12.5. The fourth-order valence-corrected chi connectivity index (χ4v) is 3.38. The average Bonchev–Trinajstić information content (AvgIpc) is 2.55. The molecule has 3 nitrogen and oxygen atoms in total. The van der Waals surface area contributed by atoms with E-state index in [0.29, 0.717) is 6.42 Å². The lowest BCUT2D eigenvalue weighted by Gasteiger charge is -2.36. The third-order valence-corrected chi connectivity index (χ3v) is 4.74. The first-order chi connectivity index (χ1) is 11.1. The Morgan fingerprint density at radius 1 is 1.04 bits per heavy atom. The lowest BCUT2D eigenvalue weighted by Crippen LogP contribution is -2.49. The predicted molar refractivity (Wildman–Crippen MR) is 97.8 cm³/mol. The first kappa shape index (κ1) is 16.1. The highest BCUT2D eigenvalue weighted by Crippen LogP contribution is 2.21. The highest BCUT2D eigenvalue weighted by Gasteiger charge is 2.21. The summed E-state index contributed by atoms with van der Waals surface area (Å²) in [5, 5.41) is 0. The Balaban J connectivity index is 1.57. The van der Waals surface area contributed by atoms with E-state index in [1.807, 2.05) is 23.1 Å². The molecule has 2 aromatic rings. The van der Waals surface area contributed by atoms with Crippen molar-refractivity contribution in [1.29, 1.82) is 0 Å². The quantitative estimate of drug-likeness (QED) is 0.820. The van der Waals surface area contributed by atoms with E-state index in [2.05, 4.69) is 58.1 Å². The molecule has 0 bridgehead atoms. The summed E-state index contributed by atoms with van der Waals surface area (Å²) in [4.78, 5) is 16.8. The number of benzene rings is 2. The van der Waals surface area contributed by atoms with Crippen molar-refractivity contribution < 1.29 is 4.79 Å². The third-order valence-electron chi connectivity index (χ3n) is 4.24. The van der Waals surface area contributed by atoms with Crippen molar-refractivity contribution >= 4 is 27.5 Å². The number of hydrogen-bond acceptors (Lipinski definition) is 2. The van der Waals surface area contributed by atoms with Gasteiger partial charge in [0.05, 0.1) is 6.42 Å². The first-order valence-corrected chi connectivity index (χ1v) is 8.75. The summed E-state index contributed by atoms with van der Waals surface area (Å²) in [7, 11) is 0. The van der Waals surface area contributed by atoms with Crippen LogP contribution >= 0.6 is 15.9 Å². The van der Waals surface area contributed by atoms with Crippen LogP contribution in [0.1, 0.15) is 11.1 Å². The third kappa shape index (κ3) is 4.14. The van der Waals surface area contributed by atoms with Gasteiger partial charge in [-0.2, -0.15) is 0 Å². The van der Waals surface area contributed by atoms with Crippen LogP contribution in [-0.4, -0.2) is 37.0 Å². The normalized spacial score (nSPS) is 14.9. The Kier molecular flexibility index (Phi) is 5.01. The maximum Gasteiger partial charge on any atom is 0.227 e. The molecule has 1 heterocycles. The second kappa shape index (κ2) is 7.18. The zero-order chi connectivity index (χ0) is 16.2. The molecule has 0 atom stereocenters. The lowest BCUT2D eigenvalue weighted by atomic mass is 10.1. The molecule has 0 radical (unpaired) electrons. The molecule has 120 valence electrons. The van der Waals surface area contributed by atoms with Gasteiger partial charge in [-0.05, 0) is 30.7 Å². The Hall–Kier alpha value is -1.81. The van der Waals surface area contributed by atoms with Crippen LogP contribution in [0.4, 0.5) is 5.69 Å². The molecule has 0 aromatic heterocycles. The first-order valence-electron chi connectivity index (χ1n) is 7.96. The second-order valence-corrected chi connectivity index (χ2v) is 6.93. The molecule has 1 amide bonds. The number of aryl methyl sites for hydroxylation is 1. The van der Waals surface area contributed by atoms with Gasteiger partial charge in [-0.1, -0.05) is 51.8 Å². The summed E-state index contributed by atoms with van der Waals surface area (Å²) in [5.41, 5.74) is 3.52. The van der Waals surface area contributed by atoms with E-state index in [1.54, 1.807) is 0 Å². The molecule has 1 saturated heterocycles. The second-order valence-electron chi connectivity index (χ2n) is 6.01. The summed E-state index contributed by atoms with van der Waals surface area (Å²) >= 11 is 3.52. The van der Waals surface area contributed by atoms with Crippen molar-refractivity contribution in [3.63, 3.8) is 0 Å². The largest absolute Gasteiger partial charge is 0.368 e. The van der Waals surface area contributed by atoms with Gasteiger partial charge in [0, 0.05) is 36.3 Å². The number of halogens is 1. The Labute approximate surface area is 146 Å². The molecule has 0 spiro atoms. The smallest absolute Gasteiger partial charge is 0.227 e. The molecule has 3 rings (SSSR count). The number of rotatable bonds is 3. The number of hydrogen-bond donors (Lipinski definition) is 0. The van der Waals surface area contributed by atoms with E-state index in [4.69, 9.17) is 0 Å². The Bertz CT molecular complexity index is 693. The zero-order valence-electron chi connectivity index (χ0n) is 13.3. The molecule has 0 saturated carbocycles. The topological polar surface area (TPSA) is 23.6 Å². The van der Waals surface area contributed by atoms with Crippen molar-refractivity contribution in [3.05, 3.63) is 64.1 Å². The van der Waals surface area contributed by atoms with E-state index in [9.17, 15) is 4.79 Å². The number of carbonyl (C=O) groups excluding carboxylic acids is 1. The van der Waals surface area contributed by atoms with Gasteiger partial charge < -0.3 is 9.80 Å². The van der Waals surface area contributed by atoms with Crippen molar-refractivity contribution in [2.45, 2.75) is 13.3 Å². The van der Waals surface area contributed by atoms with Crippen LogP contribution in [0, 0.1) is 6.92 Å². The molecular formula is C19H21BrN2O. The van der Waals surface area contributed by atoms with Gasteiger partial charge in [0.2, 0.25) is 5.91 Å². The average molecular weight is 373 g/mol. The molecule has 0 unspecified atom stereocenters.